The highest BCUT2D eigenvalue weighted by molar-refractivity contribution is 7.98. The van der Waals surface area contributed by atoms with Gasteiger partial charge in [0.2, 0.25) is 0 Å². The second kappa shape index (κ2) is 13.3. The molecule has 0 rings (SSSR count). The summed E-state index contributed by atoms with van der Waals surface area (Å²) in [7, 11) is 0. The number of aliphatic carboxylic acids is 2. The molecule has 0 fully saturated rings. The summed E-state index contributed by atoms with van der Waals surface area (Å²) in [5.41, 5.74) is 10.3. The smallest absolute Gasteiger partial charge is 0.320 e. The fourth-order valence-corrected chi connectivity index (χ4v) is 1.28. The molecule has 0 aliphatic carbocycles. The van der Waals surface area contributed by atoms with Crippen molar-refractivity contribution in [3.05, 3.63) is 0 Å². The summed E-state index contributed by atoms with van der Waals surface area (Å²) in [4.78, 5) is 19.9. The largest absolute Gasteiger partial charge is 0.481 e. The molecular formula is C10H22N2O4S. The first-order chi connectivity index (χ1) is 7.95. The average molecular weight is 266 g/mol. The Labute approximate surface area is 106 Å². The third kappa shape index (κ3) is 17.8. The summed E-state index contributed by atoms with van der Waals surface area (Å²) in [6.45, 7) is 0.591. The van der Waals surface area contributed by atoms with Gasteiger partial charge >= 0.3 is 11.9 Å². The SMILES string of the molecule is CSCCC(N)C(=O)O.NCCCCC(=O)O. The van der Waals surface area contributed by atoms with E-state index in [-0.39, 0.29) is 6.42 Å². The topological polar surface area (TPSA) is 127 Å². The maximum absolute atomic E-state index is 10.1. The molecule has 1 unspecified atom stereocenters. The van der Waals surface area contributed by atoms with E-state index in [0.29, 0.717) is 19.4 Å². The summed E-state index contributed by atoms with van der Waals surface area (Å²) in [6.07, 6.45) is 4.24. The number of carbonyl (C=O) groups is 2. The van der Waals surface area contributed by atoms with Gasteiger partial charge < -0.3 is 21.7 Å². The minimum absolute atomic E-state index is 0.247. The van der Waals surface area contributed by atoms with Crippen LogP contribution in [0.4, 0.5) is 0 Å². The molecule has 0 aliphatic heterocycles. The predicted octanol–water partition coefficient (Wildman–Crippen LogP) is 0.351. The molecule has 0 aromatic carbocycles. The van der Waals surface area contributed by atoms with Crippen molar-refractivity contribution in [1.29, 1.82) is 0 Å². The first kappa shape index (κ1) is 18.6. The minimum atomic E-state index is -0.913. The zero-order chi connectivity index (χ0) is 13.7. The maximum atomic E-state index is 10.1. The van der Waals surface area contributed by atoms with Gasteiger partial charge in [-0.3, -0.25) is 9.59 Å². The van der Waals surface area contributed by atoms with Crippen LogP contribution >= 0.6 is 11.8 Å². The van der Waals surface area contributed by atoms with E-state index in [1.165, 1.54) is 0 Å². The monoisotopic (exact) mass is 266 g/mol. The Morgan fingerprint density at radius 3 is 2.24 bits per heavy atom. The molecule has 0 aromatic rings. The van der Waals surface area contributed by atoms with Crippen LogP contribution in [0.25, 0.3) is 0 Å². The molecule has 0 radical (unpaired) electrons. The second-order valence-corrected chi connectivity index (χ2v) is 4.35. The number of rotatable bonds is 8. The summed E-state index contributed by atoms with van der Waals surface area (Å²) in [6, 6.07) is -0.683. The number of hydrogen-bond acceptors (Lipinski definition) is 5. The van der Waals surface area contributed by atoms with Crippen LogP contribution < -0.4 is 11.5 Å². The predicted molar refractivity (Wildman–Crippen MR) is 69.2 cm³/mol. The Bertz CT molecular complexity index is 214. The highest BCUT2D eigenvalue weighted by atomic mass is 32.2. The zero-order valence-corrected chi connectivity index (χ0v) is 10.9. The first-order valence-electron chi connectivity index (χ1n) is 5.34. The van der Waals surface area contributed by atoms with Crippen molar-refractivity contribution in [1.82, 2.24) is 0 Å². The number of hydrogen-bond donors (Lipinski definition) is 4. The molecule has 102 valence electrons. The molecule has 1 atom stereocenters. The van der Waals surface area contributed by atoms with Gasteiger partial charge in [-0.25, -0.2) is 0 Å². The first-order valence-corrected chi connectivity index (χ1v) is 6.74. The van der Waals surface area contributed by atoms with Crippen LogP contribution in [0.1, 0.15) is 25.7 Å². The van der Waals surface area contributed by atoms with Gasteiger partial charge in [-0.15, -0.1) is 0 Å². The van der Waals surface area contributed by atoms with Crippen LogP contribution in [0.5, 0.6) is 0 Å². The average Bonchev–Trinajstić information content (AvgIpc) is 2.26. The van der Waals surface area contributed by atoms with Gasteiger partial charge in [0.15, 0.2) is 0 Å². The van der Waals surface area contributed by atoms with Crippen molar-refractivity contribution in [3.8, 4) is 0 Å². The quantitative estimate of drug-likeness (QED) is 0.467. The molecule has 0 saturated carbocycles. The molecule has 0 aliphatic rings. The van der Waals surface area contributed by atoms with Gasteiger partial charge in [0, 0.05) is 6.42 Å². The van der Waals surface area contributed by atoms with Crippen molar-refractivity contribution in [2.75, 3.05) is 18.6 Å². The van der Waals surface area contributed by atoms with Crippen molar-refractivity contribution in [3.63, 3.8) is 0 Å². The second-order valence-electron chi connectivity index (χ2n) is 3.37. The van der Waals surface area contributed by atoms with Crippen LogP contribution in [-0.2, 0) is 9.59 Å². The van der Waals surface area contributed by atoms with Gasteiger partial charge in [0.1, 0.15) is 6.04 Å². The van der Waals surface area contributed by atoms with Crippen molar-refractivity contribution in [2.45, 2.75) is 31.7 Å². The number of unbranched alkanes of at least 4 members (excludes halogenated alkanes) is 1. The Hall–Kier alpha value is -0.790. The third-order valence-corrected chi connectivity index (χ3v) is 2.44. The van der Waals surface area contributed by atoms with Crippen LogP contribution in [0.15, 0.2) is 0 Å². The van der Waals surface area contributed by atoms with Crippen LogP contribution in [-0.4, -0.2) is 46.7 Å². The van der Waals surface area contributed by atoms with Gasteiger partial charge in [-0.1, -0.05) is 0 Å². The van der Waals surface area contributed by atoms with Crippen LogP contribution in [0.3, 0.4) is 0 Å². The van der Waals surface area contributed by atoms with E-state index >= 15 is 0 Å². The molecule has 17 heavy (non-hydrogen) atoms. The maximum Gasteiger partial charge on any atom is 0.320 e. The van der Waals surface area contributed by atoms with Crippen LogP contribution in [0.2, 0.25) is 0 Å². The lowest BCUT2D eigenvalue weighted by atomic mass is 10.2. The lowest BCUT2D eigenvalue weighted by Crippen LogP contribution is -2.30. The molecule has 0 bridgehead atoms. The normalized spacial score (nSPS) is 11.2. The van der Waals surface area contributed by atoms with Crippen LogP contribution in [0, 0.1) is 0 Å². The van der Waals surface area contributed by atoms with E-state index < -0.39 is 18.0 Å². The summed E-state index contributed by atoms with van der Waals surface area (Å²) in [5, 5.41) is 16.4. The molecule has 7 heteroatoms. The molecule has 0 amide bonds. The van der Waals surface area contributed by atoms with E-state index in [0.717, 1.165) is 12.2 Å². The van der Waals surface area contributed by atoms with E-state index in [9.17, 15) is 9.59 Å². The fraction of sp³-hybridized carbons (Fsp3) is 0.800. The minimum Gasteiger partial charge on any atom is -0.481 e. The molecular weight excluding hydrogens is 244 g/mol. The highest BCUT2D eigenvalue weighted by Crippen LogP contribution is 1.97. The van der Waals surface area contributed by atoms with E-state index in [2.05, 4.69) is 0 Å². The fourth-order valence-electron chi connectivity index (χ4n) is 0.789. The standard InChI is InChI=1S/C5H11NO2S.C5H11NO2/c1-9-3-2-4(6)5(7)8;6-4-2-1-3-5(7)8/h4H,2-3,6H2,1H3,(H,7,8);1-4,6H2,(H,7,8). The number of carboxylic acid groups (broad SMARTS) is 2. The number of thioether (sulfide) groups is 1. The van der Waals surface area contributed by atoms with E-state index in [1.807, 2.05) is 6.26 Å². The van der Waals surface area contributed by atoms with Crippen molar-refractivity contribution < 1.29 is 19.8 Å². The molecule has 0 aromatic heterocycles. The Morgan fingerprint density at radius 1 is 1.29 bits per heavy atom. The lowest BCUT2D eigenvalue weighted by Gasteiger charge is -2.02. The molecule has 6 nitrogen and oxygen atoms in total. The third-order valence-electron chi connectivity index (χ3n) is 1.79. The van der Waals surface area contributed by atoms with E-state index in [1.54, 1.807) is 11.8 Å². The molecule has 0 saturated heterocycles. The van der Waals surface area contributed by atoms with Gasteiger partial charge in [0.05, 0.1) is 0 Å². The highest BCUT2D eigenvalue weighted by Gasteiger charge is 2.08. The molecule has 0 spiro atoms. The lowest BCUT2D eigenvalue weighted by molar-refractivity contribution is -0.139. The number of carboxylic acids is 2. The summed E-state index contributed by atoms with van der Waals surface area (Å²) < 4.78 is 0. The van der Waals surface area contributed by atoms with Gasteiger partial charge in [0.25, 0.3) is 0 Å². The van der Waals surface area contributed by atoms with Crippen molar-refractivity contribution >= 4 is 23.7 Å². The molecule has 6 N–H and O–H groups in total. The Kier molecular flexibility index (Phi) is 14.5. The Balaban J connectivity index is 0. The zero-order valence-electron chi connectivity index (χ0n) is 10.1. The number of nitrogens with two attached hydrogens (primary N) is 2. The summed E-state index contributed by atoms with van der Waals surface area (Å²) in [5.74, 6) is -0.837. The summed E-state index contributed by atoms with van der Waals surface area (Å²) >= 11 is 1.60. The molecule has 0 heterocycles. The van der Waals surface area contributed by atoms with Gasteiger partial charge in [-0.2, -0.15) is 11.8 Å². The van der Waals surface area contributed by atoms with E-state index in [4.69, 9.17) is 21.7 Å². The van der Waals surface area contributed by atoms with Gasteiger partial charge in [-0.05, 0) is 37.8 Å². The van der Waals surface area contributed by atoms with Crippen molar-refractivity contribution in [2.24, 2.45) is 11.5 Å². The Morgan fingerprint density at radius 2 is 1.88 bits per heavy atom.